The molecule has 1 amide bonds. The fraction of sp³-hybridized carbons (Fsp3) is 0.500. The van der Waals surface area contributed by atoms with E-state index in [9.17, 15) is 9.90 Å². The van der Waals surface area contributed by atoms with Crippen LogP contribution in [0.25, 0.3) is 0 Å². The van der Waals surface area contributed by atoms with E-state index in [1.807, 2.05) is 20.8 Å². The summed E-state index contributed by atoms with van der Waals surface area (Å²) in [5.74, 6) is -0.365. The number of nitrogens with one attached hydrogen (secondary N) is 1. The maximum atomic E-state index is 12.0. The van der Waals surface area contributed by atoms with Crippen LogP contribution in [0.2, 0.25) is 5.02 Å². The van der Waals surface area contributed by atoms with Gasteiger partial charge in [-0.3, -0.25) is 4.79 Å². The molecule has 0 aliphatic carbocycles. The van der Waals surface area contributed by atoms with Crippen LogP contribution >= 0.6 is 11.6 Å². The van der Waals surface area contributed by atoms with Crippen molar-refractivity contribution in [1.29, 1.82) is 0 Å². The quantitative estimate of drug-likeness (QED) is 0.744. The molecular weight excluding hydrogens is 264 g/mol. The molecule has 0 radical (unpaired) electrons. The first-order valence-electron chi connectivity index (χ1n) is 6.21. The Morgan fingerprint density at radius 1 is 1.47 bits per heavy atom. The molecule has 5 heteroatoms. The van der Waals surface area contributed by atoms with Crippen LogP contribution in [0, 0.1) is 5.41 Å². The van der Waals surface area contributed by atoms with Crippen molar-refractivity contribution in [3.05, 3.63) is 28.8 Å². The molecule has 1 aromatic rings. The summed E-state index contributed by atoms with van der Waals surface area (Å²) >= 11 is 5.94. The molecule has 1 aromatic carbocycles. The van der Waals surface area contributed by atoms with Gasteiger partial charge in [-0.15, -0.1) is 0 Å². The first-order valence-corrected chi connectivity index (χ1v) is 6.59. The Morgan fingerprint density at radius 2 is 2.11 bits per heavy atom. The minimum atomic E-state index is -0.590. The maximum Gasteiger partial charge on any atom is 0.254 e. The van der Waals surface area contributed by atoms with Gasteiger partial charge in [0.25, 0.3) is 5.91 Å². The second-order valence-electron chi connectivity index (χ2n) is 5.83. The number of aliphatic hydroxyl groups is 1. The van der Waals surface area contributed by atoms with Crippen LogP contribution in [0.3, 0.4) is 0 Å². The van der Waals surface area contributed by atoms with E-state index >= 15 is 0 Å². The van der Waals surface area contributed by atoms with E-state index in [1.165, 1.54) is 0 Å². The zero-order chi connectivity index (χ0) is 14.6. The van der Waals surface area contributed by atoms with Gasteiger partial charge in [-0.05, 0) is 24.0 Å². The number of hydrogen-bond acceptors (Lipinski definition) is 3. The highest BCUT2D eigenvalue weighted by Gasteiger charge is 2.19. The molecule has 0 fully saturated rings. The van der Waals surface area contributed by atoms with Gasteiger partial charge in [0.15, 0.2) is 0 Å². The van der Waals surface area contributed by atoms with Crippen molar-refractivity contribution >= 4 is 23.2 Å². The Kier molecular flexibility index (Phi) is 5.20. The minimum absolute atomic E-state index is 0.00750. The first kappa shape index (κ1) is 15.8. The fourth-order valence-electron chi connectivity index (χ4n) is 1.86. The van der Waals surface area contributed by atoms with Crippen LogP contribution in [-0.4, -0.2) is 23.7 Å². The molecule has 106 valence electrons. The maximum absolute atomic E-state index is 12.0. The Balaban J connectivity index is 2.61. The van der Waals surface area contributed by atoms with Crippen molar-refractivity contribution in [2.24, 2.45) is 5.41 Å². The number of aliphatic hydroxyl groups excluding tert-OH is 1. The fourth-order valence-corrected chi connectivity index (χ4v) is 2.13. The third-order valence-corrected chi connectivity index (χ3v) is 2.93. The number of anilines is 1. The average Bonchev–Trinajstić information content (AvgIpc) is 2.23. The number of carbonyl (C=O) groups excluding carboxylic acids is 1. The van der Waals surface area contributed by atoms with Crippen molar-refractivity contribution in [3.8, 4) is 0 Å². The van der Waals surface area contributed by atoms with Crippen LogP contribution in [0.5, 0.6) is 0 Å². The number of hydrogen-bond donors (Lipinski definition) is 3. The van der Waals surface area contributed by atoms with Gasteiger partial charge in [-0.1, -0.05) is 38.4 Å². The Labute approximate surface area is 118 Å². The Morgan fingerprint density at radius 3 is 2.63 bits per heavy atom. The Bertz CT molecular complexity index is 435. The van der Waals surface area contributed by atoms with Crippen LogP contribution < -0.4 is 11.1 Å². The van der Waals surface area contributed by atoms with E-state index in [4.69, 9.17) is 17.3 Å². The number of carbonyl (C=O) groups is 1. The van der Waals surface area contributed by atoms with Gasteiger partial charge in [0, 0.05) is 12.2 Å². The smallest absolute Gasteiger partial charge is 0.254 e. The van der Waals surface area contributed by atoms with E-state index < -0.39 is 6.10 Å². The Hall–Kier alpha value is -1.26. The standard InChI is InChI=1S/C14H21ClN2O2/c1-14(2,3)7-9(18)8-17-13(19)12-10(15)5-4-6-11(12)16/h4-6,9,18H,7-8,16H2,1-3H3,(H,17,19). The van der Waals surface area contributed by atoms with Gasteiger partial charge in [-0.2, -0.15) is 0 Å². The number of rotatable bonds is 4. The molecule has 0 saturated heterocycles. The minimum Gasteiger partial charge on any atom is -0.398 e. The topological polar surface area (TPSA) is 75.3 Å². The van der Waals surface area contributed by atoms with Gasteiger partial charge in [0.2, 0.25) is 0 Å². The van der Waals surface area contributed by atoms with Gasteiger partial charge < -0.3 is 16.2 Å². The van der Waals surface area contributed by atoms with Crippen molar-refractivity contribution in [2.75, 3.05) is 12.3 Å². The van der Waals surface area contributed by atoms with Gasteiger partial charge in [0.05, 0.1) is 16.7 Å². The van der Waals surface area contributed by atoms with Crippen LogP contribution in [0.1, 0.15) is 37.6 Å². The molecule has 4 nitrogen and oxygen atoms in total. The number of amides is 1. The van der Waals surface area contributed by atoms with E-state index in [0.717, 1.165) is 0 Å². The molecule has 1 rings (SSSR count). The second kappa shape index (κ2) is 6.26. The van der Waals surface area contributed by atoms with Gasteiger partial charge in [-0.25, -0.2) is 0 Å². The predicted molar refractivity (Wildman–Crippen MR) is 78.3 cm³/mol. The molecule has 0 heterocycles. The first-order chi connectivity index (χ1) is 8.70. The van der Waals surface area contributed by atoms with Crippen molar-refractivity contribution < 1.29 is 9.90 Å². The van der Waals surface area contributed by atoms with E-state index in [2.05, 4.69) is 5.32 Å². The summed E-state index contributed by atoms with van der Waals surface area (Å²) in [5, 5.41) is 12.8. The molecule has 19 heavy (non-hydrogen) atoms. The summed E-state index contributed by atoms with van der Waals surface area (Å²) in [5.41, 5.74) is 6.32. The van der Waals surface area contributed by atoms with Crippen LogP contribution in [0.15, 0.2) is 18.2 Å². The third-order valence-electron chi connectivity index (χ3n) is 2.62. The third kappa shape index (κ3) is 5.09. The second-order valence-corrected chi connectivity index (χ2v) is 6.24. The highest BCUT2D eigenvalue weighted by atomic mass is 35.5. The SMILES string of the molecule is CC(C)(C)CC(O)CNC(=O)c1c(N)cccc1Cl. The number of halogens is 1. The van der Waals surface area contributed by atoms with Crippen molar-refractivity contribution in [2.45, 2.75) is 33.3 Å². The number of nitrogen functional groups attached to an aromatic ring is 1. The zero-order valence-corrected chi connectivity index (χ0v) is 12.3. The summed E-state index contributed by atoms with van der Waals surface area (Å²) in [6.07, 6.45) is 0.0123. The lowest BCUT2D eigenvalue weighted by Gasteiger charge is -2.22. The lowest BCUT2D eigenvalue weighted by Crippen LogP contribution is -2.34. The predicted octanol–water partition coefficient (Wildman–Crippen LogP) is 2.45. The number of nitrogens with two attached hydrogens (primary N) is 1. The molecular formula is C14H21ClN2O2. The van der Waals surface area contributed by atoms with E-state index in [-0.39, 0.29) is 23.4 Å². The van der Waals surface area contributed by atoms with E-state index in [1.54, 1.807) is 18.2 Å². The van der Waals surface area contributed by atoms with Crippen LogP contribution in [0.4, 0.5) is 5.69 Å². The normalized spacial score (nSPS) is 13.1. The van der Waals surface area contributed by atoms with Crippen molar-refractivity contribution in [3.63, 3.8) is 0 Å². The van der Waals surface area contributed by atoms with Gasteiger partial charge in [0.1, 0.15) is 0 Å². The summed E-state index contributed by atoms with van der Waals surface area (Å²) in [6, 6.07) is 4.91. The molecule has 0 bridgehead atoms. The summed E-state index contributed by atoms with van der Waals surface area (Å²) in [7, 11) is 0. The highest BCUT2D eigenvalue weighted by Crippen LogP contribution is 2.22. The molecule has 0 aromatic heterocycles. The monoisotopic (exact) mass is 284 g/mol. The lowest BCUT2D eigenvalue weighted by atomic mass is 9.89. The van der Waals surface area contributed by atoms with Gasteiger partial charge >= 0.3 is 0 Å². The highest BCUT2D eigenvalue weighted by molar-refractivity contribution is 6.34. The zero-order valence-electron chi connectivity index (χ0n) is 11.5. The van der Waals surface area contributed by atoms with E-state index in [0.29, 0.717) is 17.1 Å². The van der Waals surface area contributed by atoms with Crippen molar-refractivity contribution in [1.82, 2.24) is 5.32 Å². The molecule has 0 aliphatic heterocycles. The largest absolute Gasteiger partial charge is 0.398 e. The molecule has 0 aliphatic rings. The summed E-state index contributed by atoms with van der Waals surface area (Å²) in [4.78, 5) is 12.0. The molecule has 1 atom stereocenters. The average molecular weight is 285 g/mol. The molecule has 1 unspecified atom stereocenters. The van der Waals surface area contributed by atoms with Crippen LogP contribution in [-0.2, 0) is 0 Å². The molecule has 4 N–H and O–H groups in total. The molecule has 0 saturated carbocycles. The lowest BCUT2D eigenvalue weighted by molar-refractivity contribution is 0.0869. The molecule has 0 spiro atoms. The summed E-state index contributed by atoms with van der Waals surface area (Å²) < 4.78 is 0. The summed E-state index contributed by atoms with van der Waals surface area (Å²) in [6.45, 7) is 6.28. The number of benzene rings is 1.